The van der Waals surface area contributed by atoms with E-state index in [1.807, 2.05) is 0 Å². The predicted molar refractivity (Wildman–Crippen MR) is 102 cm³/mol. The summed E-state index contributed by atoms with van der Waals surface area (Å²) in [6.45, 7) is 3.66. The van der Waals surface area contributed by atoms with Gasteiger partial charge in [-0.3, -0.25) is 4.98 Å². The van der Waals surface area contributed by atoms with E-state index >= 15 is 0 Å². The van der Waals surface area contributed by atoms with Crippen LogP contribution in [0.4, 0.5) is 24.5 Å². The molecule has 0 saturated heterocycles. The van der Waals surface area contributed by atoms with Crippen LogP contribution < -0.4 is 10.0 Å². The number of aromatic nitrogens is 1. The number of nitrogens with one attached hydrogen (secondary N) is 2. The SMILES string of the molecule is CCNS(=O)(=O)c1ccc(Nc2cc(C)nc3cc(C(F)(F)F)ccc23)cc1. The molecule has 0 atom stereocenters. The lowest BCUT2D eigenvalue weighted by atomic mass is 10.1. The third kappa shape index (κ3) is 4.26. The molecule has 3 aromatic rings. The molecule has 1 heterocycles. The van der Waals surface area contributed by atoms with Gasteiger partial charge in [0.25, 0.3) is 0 Å². The first kappa shape index (κ1) is 20.1. The number of halogens is 3. The molecular formula is C19H18F3N3O2S. The number of pyridine rings is 1. The molecule has 0 aliphatic heterocycles. The van der Waals surface area contributed by atoms with Crippen LogP contribution >= 0.6 is 0 Å². The first-order chi connectivity index (χ1) is 13.1. The maximum atomic E-state index is 13.0. The molecule has 0 aliphatic rings. The summed E-state index contributed by atoms with van der Waals surface area (Å²) >= 11 is 0. The number of hydrogen-bond donors (Lipinski definition) is 2. The Morgan fingerprint density at radius 3 is 2.32 bits per heavy atom. The number of hydrogen-bond acceptors (Lipinski definition) is 4. The molecule has 0 saturated carbocycles. The highest BCUT2D eigenvalue weighted by Gasteiger charge is 2.30. The zero-order valence-electron chi connectivity index (χ0n) is 15.1. The molecule has 0 bridgehead atoms. The van der Waals surface area contributed by atoms with Crippen molar-refractivity contribution in [3.05, 3.63) is 59.8 Å². The van der Waals surface area contributed by atoms with Crippen molar-refractivity contribution in [2.45, 2.75) is 24.9 Å². The van der Waals surface area contributed by atoms with Crippen molar-refractivity contribution in [2.24, 2.45) is 0 Å². The number of aryl methyl sites for hydroxylation is 1. The Kier molecular flexibility index (Phi) is 5.31. The molecule has 3 rings (SSSR count). The summed E-state index contributed by atoms with van der Waals surface area (Å²) in [5, 5.41) is 3.65. The number of fused-ring (bicyclic) bond motifs is 1. The minimum Gasteiger partial charge on any atom is -0.355 e. The second-order valence-electron chi connectivity index (χ2n) is 6.19. The normalized spacial score (nSPS) is 12.3. The van der Waals surface area contributed by atoms with Gasteiger partial charge in [0, 0.05) is 29.0 Å². The Hall–Kier alpha value is -2.65. The van der Waals surface area contributed by atoms with E-state index in [9.17, 15) is 21.6 Å². The van der Waals surface area contributed by atoms with E-state index in [1.54, 1.807) is 32.0 Å². The highest BCUT2D eigenvalue weighted by molar-refractivity contribution is 7.89. The predicted octanol–water partition coefficient (Wildman–Crippen LogP) is 4.60. The van der Waals surface area contributed by atoms with Crippen LogP contribution in [-0.4, -0.2) is 19.9 Å². The lowest BCUT2D eigenvalue weighted by molar-refractivity contribution is -0.137. The Labute approximate surface area is 160 Å². The quantitative estimate of drug-likeness (QED) is 0.646. The van der Waals surface area contributed by atoms with Gasteiger partial charge in [-0.05, 0) is 49.4 Å². The second-order valence-corrected chi connectivity index (χ2v) is 7.96. The number of alkyl halides is 3. The minimum atomic E-state index is -4.44. The van der Waals surface area contributed by atoms with Crippen molar-refractivity contribution in [2.75, 3.05) is 11.9 Å². The van der Waals surface area contributed by atoms with Crippen LogP contribution in [0.5, 0.6) is 0 Å². The number of benzene rings is 2. The van der Waals surface area contributed by atoms with E-state index in [4.69, 9.17) is 0 Å². The van der Waals surface area contributed by atoms with Gasteiger partial charge in [0.05, 0.1) is 16.0 Å². The average molecular weight is 409 g/mol. The van der Waals surface area contributed by atoms with E-state index in [0.29, 0.717) is 22.5 Å². The Bertz CT molecular complexity index is 1110. The van der Waals surface area contributed by atoms with Crippen molar-refractivity contribution in [1.82, 2.24) is 9.71 Å². The van der Waals surface area contributed by atoms with Gasteiger partial charge in [0.1, 0.15) is 0 Å². The summed E-state index contributed by atoms with van der Waals surface area (Å²) in [6, 6.07) is 11.2. The van der Waals surface area contributed by atoms with Crippen LogP contribution in [0.1, 0.15) is 18.2 Å². The van der Waals surface area contributed by atoms with Gasteiger partial charge < -0.3 is 5.32 Å². The van der Waals surface area contributed by atoms with E-state index in [-0.39, 0.29) is 17.0 Å². The topological polar surface area (TPSA) is 71.1 Å². The third-order valence-electron chi connectivity index (χ3n) is 4.04. The van der Waals surface area contributed by atoms with Gasteiger partial charge in [0.2, 0.25) is 10.0 Å². The monoisotopic (exact) mass is 409 g/mol. The zero-order valence-corrected chi connectivity index (χ0v) is 15.9. The molecule has 9 heteroatoms. The smallest absolute Gasteiger partial charge is 0.355 e. The molecule has 0 amide bonds. The molecule has 0 spiro atoms. The molecule has 5 nitrogen and oxygen atoms in total. The van der Waals surface area contributed by atoms with Gasteiger partial charge in [-0.1, -0.05) is 13.0 Å². The summed E-state index contributed by atoms with van der Waals surface area (Å²) in [5.41, 5.74) is 1.20. The Balaban J connectivity index is 1.96. The maximum absolute atomic E-state index is 13.0. The highest BCUT2D eigenvalue weighted by atomic mass is 32.2. The van der Waals surface area contributed by atoms with E-state index in [2.05, 4.69) is 15.0 Å². The number of rotatable bonds is 5. The van der Waals surface area contributed by atoms with Crippen molar-refractivity contribution < 1.29 is 21.6 Å². The van der Waals surface area contributed by atoms with Gasteiger partial charge in [-0.25, -0.2) is 13.1 Å². The summed E-state index contributed by atoms with van der Waals surface area (Å²) in [4.78, 5) is 4.32. The number of sulfonamides is 1. The van der Waals surface area contributed by atoms with Crippen LogP contribution in [0.25, 0.3) is 10.9 Å². The molecule has 28 heavy (non-hydrogen) atoms. The van der Waals surface area contributed by atoms with Crippen LogP contribution in [0, 0.1) is 6.92 Å². The minimum absolute atomic E-state index is 0.130. The molecular weight excluding hydrogens is 391 g/mol. The van der Waals surface area contributed by atoms with Crippen molar-refractivity contribution in [3.63, 3.8) is 0 Å². The average Bonchev–Trinajstić information content (AvgIpc) is 2.60. The zero-order chi connectivity index (χ0) is 20.5. The Morgan fingerprint density at radius 1 is 1.04 bits per heavy atom. The summed E-state index contributed by atoms with van der Waals surface area (Å²) in [7, 11) is -3.55. The molecule has 0 fully saturated rings. The van der Waals surface area contributed by atoms with Crippen molar-refractivity contribution >= 4 is 32.3 Å². The lowest BCUT2D eigenvalue weighted by Gasteiger charge is -2.13. The molecule has 0 radical (unpaired) electrons. The van der Waals surface area contributed by atoms with Crippen LogP contribution in [0.3, 0.4) is 0 Å². The molecule has 0 aliphatic carbocycles. The standard InChI is InChI=1S/C19H18F3N3O2S/c1-3-23-28(26,27)15-7-5-14(6-8-15)25-17-10-12(2)24-18-11-13(19(20,21)22)4-9-16(17)18/h4-11,23H,3H2,1-2H3,(H,24,25). The Morgan fingerprint density at radius 2 is 1.71 bits per heavy atom. The summed E-state index contributed by atoms with van der Waals surface area (Å²) < 4.78 is 65.3. The second kappa shape index (κ2) is 7.40. The van der Waals surface area contributed by atoms with Gasteiger partial charge in [0.15, 0.2) is 0 Å². The van der Waals surface area contributed by atoms with Gasteiger partial charge in [-0.2, -0.15) is 13.2 Å². The summed E-state index contributed by atoms with van der Waals surface area (Å²) in [5.74, 6) is 0. The maximum Gasteiger partial charge on any atom is 0.416 e. The number of anilines is 2. The van der Waals surface area contributed by atoms with Crippen LogP contribution in [0.2, 0.25) is 0 Å². The summed E-state index contributed by atoms with van der Waals surface area (Å²) in [6.07, 6.45) is -4.44. The fourth-order valence-corrected chi connectivity index (χ4v) is 3.83. The van der Waals surface area contributed by atoms with E-state index in [1.165, 1.54) is 18.2 Å². The van der Waals surface area contributed by atoms with E-state index in [0.717, 1.165) is 12.1 Å². The highest BCUT2D eigenvalue weighted by Crippen LogP contribution is 2.34. The fourth-order valence-electron chi connectivity index (χ4n) is 2.79. The van der Waals surface area contributed by atoms with E-state index < -0.39 is 21.8 Å². The van der Waals surface area contributed by atoms with Gasteiger partial charge >= 0.3 is 6.18 Å². The lowest BCUT2D eigenvalue weighted by Crippen LogP contribution is -2.22. The fraction of sp³-hybridized carbons (Fsp3) is 0.211. The molecule has 148 valence electrons. The molecule has 2 N–H and O–H groups in total. The largest absolute Gasteiger partial charge is 0.416 e. The van der Waals surface area contributed by atoms with Crippen LogP contribution in [-0.2, 0) is 16.2 Å². The molecule has 2 aromatic carbocycles. The first-order valence-electron chi connectivity index (χ1n) is 8.45. The first-order valence-corrected chi connectivity index (χ1v) is 9.94. The number of nitrogens with zero attached hydrogens (tertiary/aromatic N) is 1. The van der Waals surface area contributed by atoms with Crippen molar-refractivity contribution in [3.8, 4) is 0 Å². The van der Waals surface area contributed by atoms with Gasteiger partial charge in [-0.15, -0.1) is 0 Å². The third-order valence-corrected chi connectivity index (χ3v) is 5.60. The molecule has 1 aromatic heterocycles. The molecule has 0 unspecified atom stereocenters. The van der Waals surface area contributed by atoms with Crippen LogP contribution in [0.15, 0.2) is 53.4 Å². The van der Waals surface area contributed by atoms with Crippen molar-refractivity contribution in [1.29, 1.82) is 0 Å².